The van der Waals surface area contributed by atoms with Crippen LogP contribution in [0.3, 0.4) is 0 Å². The number of hydrogen-bond donors (Lipinski definition) is 2. The number of nitro groups is 1. The van der Waals surface area contributed by atoms with E-state index in [0.29, 0.717) is 6.54 Å². The van der Waals surface area contributed by atoms with Crippen molar-refractivity contribution in [1.82, 2.24) is 10.6 Å². The Kier molecular flexibility index (Phi) is 4.06. The molecule has 1 aliphatic heterocycles. The molecule has 0 aromatic heterocycles. The van der Waals surface area contributed by atoms with Crippen molar-refractivity contribution in [3.8, 4) is 0 Å². The fraction of sp³-hybridized carbons (Fsp3) is 0.417. The molecule has 1 saturated heterocycles. The van der Waals surface area contributed by atoms with E-state index in [9.17, 15) is 19.3 Å². The van der Waals surface area contributed by atoms with E-state index >= 15 is 0 Å². The molecule has 7 heteroatoms. The summed E-state index contributed by atoms with van der Waals surface area (Å²) in [4.78, 5) is 22.0. The maximum atomic E-state index is 13.0. The number of carbonyl (C=O) groups excluding carboxylic acids is 1. The highest BCUT2D eigenvalue weighted by atomic mass is 19.1. The lowest BCUT2D eigenvalue weighted by atomic mass is 10.1. The van der Waals surface area contributed by atoms with E-state index in [1.165, 1.54) is 0 Å². The first-order valence-electron chi connectivity index (χ1n) is 6.03. The molecule has 1 amide bonds. The van der Waals surface area contributed by atoms with E-state index in [0.717, 1.165) is 37.6 Å². The van der Waals surface area contributed by atoms with Crippen molar-refractivity contribution in [3.05, 3.63) is 39.7 Å². The fourth-order valence-corrected chi connectivity index (χ4v) is 2.09. The van der Waals surface area contributed by atoms with Crippen LogP contribution in [0, 0.1) is 15.9 Å². The quantitative estimate of drug-likeness (QED) is 0.637. The van der Waals surface area contributed by atoms with Crippen LogP contribution in [0.1, 0.15) is 23.2 Å². The Morgan fingerprint density at radius 2 is 2.32 bits per heavy atom. The summed E-state index contributed by atoms with van der Waals surface area (Å²) in [5.41, 5.74) is -0.627. The molecule has 0 aliphatic carbocycles. The molecule has 1 atom stereocenters. The molecule has 1 heterocycles. The van der Waals surface area contributed by atoms with Crippen LogP contribution in [0.25, 0.3) is 0 Å². The largest absolute Gasteiger partial charge is 0.348 e. The van der Waals surface area contributed by atoms with Crippen molar-refractivity contribution in [2.45, 2.75) is 18.9 Å². The molecule has 6 nitrogen and oxygen atoms in total. The molecule has 0 spiro atoms. The van der Waals surface area contributed by atoms with Crippen LogP contribution in [0.2, 0.25) is 0 Å². The van der Waals surface area contributed by atoms with Gasteiger partial charge < -0.3 is 10.6 Å². The Morgan fingerprint density at radius 3 is 2.95 bits per heavy atom. The Morgan fingerprint density at radius 1 is 1.53 bits per heavy atom. The van der Waals surface area contributed by atoms with Crippen LogP contribution in [-0.4, -0.2) is 30.0 Å². The maximum absolute atomic E-state index is 13.0. The number of hydrogen-bond acceptors (Lipinski definition) is 4. The number of amides is 1. The van der Waals surface area contributed by atoms with Crippen molar-refractivity contribution in [3.63, 3.8) is 0 Å². The molecular formula is C12H14FN3O3. The second-order valence-corrected chi connectivity index (χ2v) is 4.44. The third-order valence-corrected chi connectivity index (χ3v) is 3.03. The van der Waals surface area contributed by atoms with Gasteiger partial charge in [0.25, 0.3) is 11.6 Å². The number of nitrogens with zero attached hydrogens (tertiary/aromatic N) is 1. The lowest BCUT2D eigenvalue weighted by molar-refractivity contribution is -0.385. The Hall–Kier alpha value is -2.02. The van der Waals surface area contributed by atoms with E-state index in [4.69, 9.17) is 0 Å². The first kappa shape index (κ1) is 13.4. The number of halogens is 1. The highest BCUT2D eigenvalue weighted by Gasteiger charge is 2.23. The number of benzene rings is 1. The smallest absolute Gasteiger partial charge is 0.285 e. The second-order valence-electron chi connectivity index (χ2n) is 4.44. The predicted molar refractivity (Wildman–Crippen MR) is 66.4 cm³/mol. The minimum absolute atomic E-state index is 0.0501. The highest BCUT2D eigenvalue weighted by molar-refractivity contribution is 5.98. The summed E-state index contributed by atoms with van der Waals surface area (Å²) in [6.07, 6.45) is 1.77. The summed E-state index contributed by atoms with van der Waals surface area (Å²) < 4.78 is 13.0. The molecule has 1 aromatic carbocycles. The van der Waals surface area contributed by atoms with Crippen LogP contribution in [-0.2, 0) is 0 Å². The summed E-state index contributed by atoms with van der Waals surface area (Å²) in [5, 5.41) is 16.7. The van der Waals surface area contributed by atoms with E-state index in [1.54, 1.807) is 0 Å². The first-order valence-corrected chi connectivity index (χ1v) is 6.03. The van der Waals surface area contributed by atoms with Gasteiger partial charge >= 0.3 is 0 Å². The molecule has 19 heavy (non-hydrogen) atoms. The van der Waals surface area contributed by atoms with Crippen molar-refractivity contribution in [1.29, 1.82) is 0 Å². The summed E-state index contributed by atoms with van der Waals surface area (Å²) in [6, 6.07) is 2.89. The van der Waals surface area contributed by atoms with E-state index in [1.807, 2.05) is 0 Å². The van der Waals surface area contributed by atoms with E-state index < -0.39 is 22.3 Å². The molecule has 2 rings (SSSR count). The first-order chi connectivity index (χ1) is 9.08. The number of carbonyl (C=O) groups is 1. The number of rotatable bonds is 3. The average Bonchev–Trinajstić information content (AvgIpc) is 2.39. The number of nitrogens with one attached hydrogen (secondary N) is 2. The second kappa shape index (κ2) is 5.75. The van der Waals surface area contributed by atoms with Crippen molar-refractivity contribution < 1.29 is 14.1 Å². The molecule has 0 radical (unpaired) electrons. The monoisotopic (exact) mass is 267 g/mol. The zero-order valence-corrected chi connectivity index (χ0v) is 10.2. The zero-order chi connectivity index (χ0) is 13.8. The summed E-state index contributed by atoms with van der Waals surface area (Å²) in [5.74, 6) is -1.28. The Balaban J connectivity index is 2.16. The van der Waals surface area contributed by atoms with Gasteiger partial charge in [-0.25, -0.2) is 4.39 Å². The summed E-state index contributed by atoms with van der Waals surface area (Å²) >= 11 is 0. The van der Waals surface area contributed by atoms with Gasteiger partial charge in [-0.05, 0) is 31.5 Å². The van der Waals surface area contributed by atoms with Crippen LogP contribution in [0.15, 0.2) is 18.2 Å². The van der Waals surface area contributed by atoms with Crippen LogP contribution in [0.4, 0.5) is 10.1 Å². The molecule has 1 fully saturated rings. The van der Waals surface area contributed by atoms with Crippen molar-refractivity contribution >= 4 is 11.6 Å². The third kappa shape index (κ3) is 3.25. The predicted octanol–water partition coefficient (Wildman–Crippen LogP) is 1.22. The maximum Gasteiger partial charge on any atom is 0.285 e. The van der Waals surface area contributed by atoms with Gasteiger partial charge in [0.2, 0.25) is 0 Å². The van der Waals surface area contributed by atoms with Gasteiger partial charge in [-0.3, -0.25) is 14.9 Å². The average molecular weight is 267 g/mol. The molecule has 0 unspecified atom stereocenters. The van der Waals surface area contributed by atoms with Crippen molar-refractivity contribution in [2.24, 2.45) is 0 Å². The number of nitro benzene ring substituents is 1. The Bertz CT molecular complexity index is 501. The van der Waals surface area contributed by atoms with Crippen LogP contribution >= 0.6 is 0 Å². The zero-order valence-electron chi connectivity index (χ0n) is 10.2. The van der Waals surface area contributed by atoms with Crippen LogP contribution in [0.5, 0.6) is 0 Å². The van der Waals surface area contributed by atoms with Crippen LogP contribution < -0.4 is 10.6 Å². The standard InChI is InChI=1S/C12H14FN3O3/c13-8-3-4-10(11(6-8)16(18)19)12(17)15-9-2-1-5-14-7-9/h3-4,6,9,14H,1-2,5,7H2,(H,15,17)/t9-/m1/s1. The highest BCUT2D eigenvalue weighted by Crippen LogP contribution is 2.20. The van der Waals surface area contributed by atoms with Crippen molar-refractivity contribution in [2.75, 3.05) is 13.1 Å². The number of piperidine rings is 1. The van der Waals surface area contributed by atoms with Gasteiger partial charge in [0.05, 0.1) is 11.0 Å². The van der Waals surface area contributed by atoms with Gasteiger partial charge in [0.15, 0.2) is 0 Å². The van der Waals surface area contributed by atoms with Gasteiger partial charge in [0.1, 0.15) is 11.4 Å². The SMILES string of the molecule is O=C(N[C@@H]1CCCNC1)c1ccc(F)cc1[N+](=O)[O-]. The Labute approximate surface area is 109 Å². The molecule has 0 bridgehead atoms. The minimum Gasteiger partial charge on any atom is -0.348 e. The van der Waals surface area contributed by atoms with Gasteiger partial charge in [-0.2, -0.15) is 0 Å². The summed E-state index contributed by atoms with van der Waals surface area (Å²) in [6.45, 7) is 1.55. The third-order valence-electron chi connectivity index (χ3n) is 3.03. The molecular weight excluding hydrogens is 253 g/mol. The normalized spacial score (nSPS) is 18.9. The van der Waals surface area contributed by atoms with Gasteiger partial charge in [-0.15, -0.1) is 0 Å². The molecule has 0 saturated carbocycles. The lowest BCUT2D eigenvalue weighted by Gasteiger charge is -2.23. The van der Waals surface area contributed by atoms with E-state index in [-0.39, 0.29) is 11.6 Å². The fourth-order valence-electron chi connectivity index (χ4n) is 2.09. The lowest BCUT2D eigenvalue weighted by Crippen LogP contribution is -2.45. The van der Waals surface area contributed by atoms with E-state index in [2.05, 4.69) is 10.6 Å². The molecule has 102 valence electrons. The molecule has 1 aromatic rings. The minimum atomic E-state index is -0.753. The van der Waals surface area contributed by atoms with Gasteiger partial charge in [0, 0.05) is 12.6 Å². The summed E-state index contributed by atoms with van der Waals surface area (Å²) in [7, 11) is 0. The molecule has 1 aliphatic rings. The van der Waals surface area contributed by atoms with Gasteiger partial charge in [-0.1, -0.05) is 0 Å². The topological polar surface area (TPSA) is 84.3 Å². The molecule has 2 N–H and O–H groups in total.